The van der Waals surface area contributed by atoms with Gasteiger partial charge in [-0.3, -0.25) is 14.4 Å². The van der Waals surface area contributed by atoms with Crippen molar-refractivity contribution in [2.45, 2.75) is 103 Å². The van der Waals surface area contributed by atoms with Crippen LogP contribution in [0.2, 0.25) is 0 Å². The summed E-state index contributed by atoms with van der Waals surface area (Å²) in [5.74, 6) is -1.61. The summed E-state index contributed by atoms with van der Waals surface area (Å²) in [7, 11) is 0. The number of nitrogens with zero attached hydrogens (tertiary/aromatic N) is 1. The van der Waals surface area contributed by atoms with Gasteiger partial charge in [-0.15, -0.1) is 0 Å². The average molecular weight is 533 g/mol. The molecule has 1 aliphatic carbocycles. The Hall–Kier alpha value is -3.14. The Balaban J connectivity index is 2.46. The molecule has 0 aliphatic heterocycles. The van der Waals surface area contributed by atoms with Crippen LogP contribution in [0.5, 0.6) is 0 Å². The first-order chi connectivity index (χ1) is 17.8. The smallest absolute Gasteiger partial charge is 0.408 e. The van der Waals surface area contributed by atoms with Crippen LogP contribution in [-0.4, -0.2) is 64.7 Å². The standard InChI is InChI=1S/C28H44N4O6/c1-18-11-12-20(17-19(18)2)24(25(35)30-21-9-7-6-8-10-21)32(15-16-33)26(36)22(13-14-23(29)34)31-27(37)38-28(3,4)5/h11-12,17,21-22,24,33H,6-10,13-16H2,1-5H3,(H2,29,34)(H,30,35)(H,31,37). The van der Waals surface area contributed by atoms with Crippen LogP contribution in [0.15, 0.2) is 18.2 Å². The molecule has 0 radical (unpaired) electrons. The number of aliphatic hydroxyl groups excluding tert-OH is 1. The molecule has 0 aromatic heterocycles. The number of carbonyl (C=O) groups is 4. The minimum Gasteiger partial charge on any atom is -0.444 e. The summed E-state index contributed by atoms with van der Waals surface area (Å²) in [6.07, 6.45) is 3.81. The molecule has 1 aromatic carbocycles. The highest BCUT2D eigenvalue weighted by molar-refractivity contribution is 5.92. The Morgan fingerprint density at radius 2 is 1.76 bits per heavy atom. The van der Waals surface area contributed by atoms with E-state index in [0.717, 1.165) is 43.2 Å². The Morgan fingerprint density at radius 3 is 2.32 bits per heavy atom. The number of aryl methyl sites for hydroxylation is 2. The molecule has 38 heavy (non-hydrogen) atoms. The molecule has 212 valence electrons. The molecule has 1 fully saturated rings. The summed E-state index contributed by atoms with van der Waals surface area (Å²) < 4.78 is 5.32. The second-order valence-corrected chi connectivity index (χ2v) is 11.0. The number of alkyl carbamates (subject to hydrolysis) is 1. The van der Waals surface area contributed by atoms with Gasteiger partial charge in [0.2, 0.25) is 17.7 Å². The van der Waals surface area contributed by atoms with E-state index in [1.807, 2.05) is 26.0 Å². The lowest BCUT2D eigenvalue weighted by Gasteiger charge is -2.35. The SMILES string of the molecule is Cc1ccc(C(C(=O)NC2CCCCC2)N(CCO)C(=O)C(CCC(N)=O)NC(=O)OC(C)(C)C)cc1C. The van der Waals surface area contributed by atoms with Crippen LogP contribution in [0.25, 0.3) is 0 Å². The number of hydrogen-bond acceptors (Lipinski definition) is 6. The third kappa shape index (κ3) is 9.63. The summed E-state index contributed by atoms with van der Waals surface area (Å²) >= 11 is 0. The van der Waals surface area contributed by atoms with E-state index in [9.17, 15) is 24.3 Å². The number of hydrogen-bond donors (Lipinski definition) is 4. The van der Waals surface area contributed by atoms with Crippen molar-refractivity contribution in [3.63, 3.8) is 0 Å². The van der Waals surface area contributed by atoms with Gasteiger partial charge in [0.1, 0.15) is 17.7 Å². The van der Waals surface area contributed by atoms with Crippen LogP contribution in [0.4, 0.5) is 4.79 Å². The Kier molecular flexibility index (Phi) is 11.6. The fourth-order valence-electron chi connectivity index (χ4n) is 4.60. The molecule has 1 aliphatic rings. The molecule has 1 saturated carbocycles. The van der Waals surface area contributed by atoms with E-state index in [2.05, 4.69) is 10.6 Å². The van der Waals surface area contributed by atoms with Gasteiger partial charge in [-0.1, -0.05) is 37.5 Å². The second kappa shape index (κ2) is 14.1. The Bertz CT molecular complexity index is 984. The van der Waals surface area contributed by atoms with Gasteiger partial charge in [0, 0.05) is 19.0 Å². The number of benzene rings is 1. The fraction of sp³-hybridized carbons (Fsp3) is 0.643. The van der Waals surface area contributed by atoms with Crippen molar-refractivity contribution in [2.24, 2.45) is 5.73 Å². The largest absolute Gasteiger partial charge is 0.444 e. The van der Waals surface area contributed by atoms with Crippen molar-refractivity contribution in [2.75, 3.05) is 13.2 Å². The van der Waals surface area contributed by atoms with Crippen LogP contribution in [0.3, 0.4) is 0 Å². The second-order valence-electron chi connectivity index (χ2n) is 11.0. The van der Waals surface area contributed by atoms with Gasteiger partial charge in [0.05, 0.1) is 6.61 Å². The number of aliphatic hydroxyl groups is 1. The van der Waals surface area contributed by atoms with Crippen LogP contribution in [0.1, 0.15) is 88.4 Å². The lowest BCUT2D eigenvalue weighted by atomic mass is 9.94. The van der Waals surface area contributed by atoms with Crippen molar-refractivity contribution in [3.05, 3.63) is 34.9 Å². The van der Waals surface area contributed by atoms with Gasteiger partial charge in [-0.2, -0.15) is 0 Å². The number of ether oxygens (including phenoxy) is 1. The van der Waals surface area contributed by atoms with Gasteiger partial charge < -0.3 is 31.1 Å². The van der Waals surface area contributed by atoms with Gasteiger partial charge in [-0.25, -0.2) is 4.79 Å². The molecule has 4 amide bonds. The van der Waals surface area contributed by atoms with E-state index in [1.54, 1.807) is 26.8 Å². The first-order valence-corrected chi connectivity index (χ1v) is 13.4. The molecule has 2 rings (SSSR count). The molecular weight excluding hydrogens is 488 g/mol. The molecule has 1 aromatic rings. The molecule has 0 saturated heterocycles. The lowest BCUT2D eigenvalue weighted by Crippen LogP contribution is -2.54. The van der Waals surface area contributed by atoms with Crippen molar-refractivity contribution in [3.8, 4) is 0 Å². The molecule has 0 heterocycles. The third-order valence-corrected chi connectivity index (χ3v) is 6.65. The lowest BCUT2D eigenvalue weighted by molar-refractivity contribution is -0.143. The van der Waals surface area contributed by atoms with Crippen LogP contribution in [0, 0.1) is 13.8 Å². The summed E-state index contributed by atoms with van der Waals surface area (Å²) in [6, 6.07) is 3.30. The van der Waals surface area contributed by atoms with Crippen molar-refractivity contribution in [1.29, 1.82) is 0 Å². The van der Waals surface area contributed by atoms with Crippen molar-refractivity contribution in [1.82, 2.24) is 15.5 Å². The normalized spacial score (nSPS) is 15.7. The van der Waals surface area contributed by atoms with Crippen molar-refractivity contribution >= 4 is 23.8 Å². The zero-order chi connectivity index (χ0) is 28.5. The van der Waals surface area contributed by atoms with Gasteiger partial charge in [-0.05, 0) is 70.6 Å². The number of rotatable bonds is 11. The van der Waals surface area contributed by atoms with E-state index in [0.29, 0.717) is 5.56 Å². The highest BCUT2D eigenvalue weighted by Crippen LogP contribution is 2.27. The summed E-state index contributed by atoms with van der Waals surface area (Å²) in [5, 5.41) is 15.6. The quantitative estimate of drug-likeness (QED) is 0.344. The minimum absolute atomic E-state index is 0.00178. The maximum absolute atomic E-state index is 13.9. The molecule has 2 unspecified atom stereocenters. The van der Waals surface area contributed by atoms with Gasteiger partial charge in [0.15, 0.2) is 0 Å². The van der Waals surface area contributed by atoms with E-state index in [4.69, 9.17) is 10.5 Å². The van der Waals surface area contributed by atoms with Crippen LogP contribution in [-0.2, 0) is 19.1 Å². The predicted octanol–water partition coefficient (Wildman–Crippen LogP) is 2.77. The molecule has 2 atom stereocenters. The topological polar surface area (TPSA) is 151 Å². The highest BCUT2D eigenvalue weighted by Gasteiger charge is 2.37. The molecular formula is C28H44N4O6. The molecule has 0 bridgehead atoms. The van der Waals surface area contributed by atoms with Gasteiger partial charge >= 0.3 is 6.09 Å². The number of nitrogens with two attached hydrogens (primary N) is 1. The molecule has 10 nitrogen and oxygen atoms in total. The molecule has 10 heteroatoms. The number of carbonyl (C=O) groups excluding carboxylic acids is 4. The Labute approximate surface area is 225 Å². The van der Waals surface area contributed by atoms with Gasteiger partial charge in [0.25, 0.3) is 0 Å². The zero-order valence-corrected chi connectivity index (χ0v) is 23.3. The Morgan fingerprint density at radius 1 is 1.11 bits per heavy atom. The van der Waals surface area contributed by atoms with E-state index in [-0.39, 0.29) is 31.3 Å². The maximum Gasteiger partial charge on any atom is 0.408 e. The number of amides is 4. The first kappa shape index (κ1) is 31.1. The van der Waals surface area contributed by atoms with Crippen LogP contribution >= 0.6 is 0 Å². The summed E-state index contributed by atoms with van der Waals surface area (Å²) in [5.41, 5.74) is 7.09. The highest BCUT2D eigenvalue weighted by atomic mass is 16.6. The number of nitrogens with one attached hydrogen (secondary N) is 2. The predicted molar refractivity (Wildman–Crippen MR) is 144 cm³/mol. The van der Waals surface area contributed by atoms with Crippen LogP contribution < -0.4 is 16.4 Å². The molecule has 5 N–H and O–H groups in total. The minimum atomic E-state index is -1.19. The van der Waals surface area contributed by atoms with Crippen molar-refractivity contribution < 1.29 is 29.0 Å². The van der Waals surface area contributed by atoms with E-state index >= 15 is 0 Å². The zero-order valence-electron chi connectivity index (χ0n) is 23.3. The average Bonchev–Trinajstić information content (AvgIpc) is 2.82. The van der Waals surface area contributed by atoms with E-state index < -0.39 is 42.2 Å². The van der Waals surface area contributed by atoms with E-state index in [1.165, 1.54) is 4.90 Å². The summed E-state index contributed by atoms with van der Waals surface area (Å²) in [6.45, 7) is 8.39. The molecule has 0 spiro atoms. The maximum atomic E-state index is 13.9. The third-order valence-electron chi connectivity index (χ3n) is 6.65. The first-order valence-electron chi connectivity index (χ1n) is 13.4. The fourth-order valence-corrected chi connectivity index (χ4v) is 4.60. The monoisotopic (exact) mass is 532 g/mol. The number of primary amides is 1. The summed E-state index contributed by atoms with van der Waals surface area (Å²) in [4.78, 5) is 53.1.